The Hall–Kier alpha value is -1.52. The van der Waals surface area contributed by atoms with Gasteiger partial charge in [0.25, 0.3) is 0 Å². The van der Waals surface area contributed by atoms with Crippen LogP contribution in [0.2, 0.25) is 0 Å². The molecule has 72 valence electrons. The topological polar surface area (TPSA) is 91.1 Å². The lowest BCUT2D eigenvalue weighted by Gasteiger charge is -2.00. The van der Waals surface area contributed by atoms with Crippen molar-refractivity contribution in [3.8, 4) is 0 Å². The van der Waals surface area contributed by atoms with Gasteiger partial charge in [0.05, 0.1) is 12.8 Å². The van der Waals surface area contributed by atoms with Gasteiger partial charge in [0, 0.05) is 11.4 Å². The van der Waals surface area contributed by atoms with Gasteiger partial charge < -0.3 is 15.6 Å². The van der Waals surface area contributed by atoms with Gasteiger partial charge in [-0.3, -0.25) is 9.59 Å². The van der Waals surface area contributed by atoms with E-state index in [4.69, 9.17) is 10.8 Å². The first-order valence-corrected chi connectivity index (χ1v) is 3.73. The summed E-state index contributed by atoms with van der Waals surface area (Å²) in [5.74, 6) is -1.47. The van der Waals surface area contributed by atoms with Crippen molar-refractivity contribution in [3.63, 3.8) is 0 Å². The lowest BCUT2D eigenvalue weighted by molar-refractivity contribution is -0.157. The summed E-state index contributed by atoms with van der Waals surface area (Å²) in [5.41, 5.74) is 0.286. The monoisotopic (exact) mass is 184 g/mol. The van der Waals surface area contributed by atoms with Crippen molar-refractivity contribution in [2.24, 2.45) is 0 Å². The number of rotatable bonds is 4. The lowest BCUT2D eigenvalue weighted by atomic mass is 10.3. The molecule has 0 atom stereocenters. The molecule has 0 heterocycles. The van der Waals surface area contributed by atoms with Crippen molar-refractivity contribution in [3.05, 3.63) is 0 Å². The Labute approximate surface area is 76.1 Å². The molecule has 0 aliphatic heterocycles. The Bertz CT molecular complexity index is 232. The highest BCUT2D eigenvalue weighted by atomic mass is 16.6. The minimum atomic E-state index is -0.737. The molecule has 0 amide bonds. The van der Waals surface area contributed by atoms with Crippen LogP contribution >= 0.6 is 0 Å². The van der Waals surface area contributed by atoms with Crippen LogP contribution in [0, 0.1) is 10.8 Å². The van der Waals surface area contributed by atoms with E-state index >= 15 is 0 Å². The molecule has 0 saturated carbocycles. The average Bonchev–Trinajstić information content (AvgIpc) is 1.80. The molecule has 0 rings (SSSR count). The van der Waals surface area contributed by atoms with Crippen LogP contribution in [-0.4, -0.2) is 23.4 Å². The van der Waals surface area contributed by atoms with Gasteiger partial charge in [0.1, 0.15) is 0 Å². The molecule has 0 aromatic carbocycles. The maximum absolute atomic E-state index is 10.8. The summed E-state index contributed by atoms with van der Waals surface area (Å²) < 4.78 is 4.31. The normalized spacial score (nSPS) is 9.08. The molecule has 0 aliphatic rings. The van der Waals surface area contributed by atoms with Gasteiger partial charge in [-0.05, 0) is 13.8 Å². The van der Waals surface area contributed by atoms with Gasteiger partial charge >= 0.3 is 11.9 Å². The first-order valence-electron chi connectivity index (χ1n) is 3.73. The number of carbonyl (C=O) groups excluding carboxylic acids is 2. The quantitative estimate of drug-likeness (QED) is 0.386. The molecule has 5 nitrogen and oxygen atoms in total. The predicted molar refractivity (Wildman–Crippen MR) is 47.1 cm³/mol. The standard InChI is InChI=1S/C8H12N2O3/c1-5(9)3-7(11)13-8(12)4-6(2)10/h9-10H,3-4H2,1-2H3. The smallest absolute Gasteiger partial charge is 0.319 e. The zero-order valence-corrected chi connectivity index (χ0v) is 7.64. The van der Waals surface area contributed by atoms with E-state index in [1.165, 1.54) is 13.8 Å². The Kier molecular flexibility index (Phi) is 4.58. The largest absolute Gasteiger partial charge is 0.393 e. The van der Waals surface area contributed by atoms with Crippen molar-refractivity contribution >= 4 is 23.4 Å². The maximum Gasteiger partial charge on any atom is 0.319 e. The summed E-state index contributed by atoms with van der Waals surface area (Å²) in [5, 5.41) is 13.9. The highest BCUT2D eigenvalue weighted by Gasteiger charge is 2.11. The SMILES string of the molecule is CC(=N)CC(=O)OC(=O)CC(C)=N. The highest BCUT2D eigenvalue weighted by molar-refractivity contribution is 6.03. The van der Waals surface area contributed by atoms with Crippen LogP contribution < -0.4 is 0 Å². The summed E-state index contributed by atoms with van der Waals surface area (Å²) in [6.07, 6.45) is -0.356. The number of hydrogen-bond acceptors (Lipinski definition) is 5. The van der Waals surface area contributed by atoms with Crippen LogP contribution in [0.5, 0.6) is 0 Å². The molecule has 0 aromatic heterocycles. The molecular formula is C8H12N2O3. The summed E-state index contributed by atoms with van der Waals surface area (Å²) in [4.78, 5) is 21.6. The van der Waals surface area contributed by atoms with E-state index in [1.807, 2.05) is 0 Å². The van der Waals surface area contributed by atoms with Crippen LogP contribution in [0.4, 0.5) is 0 Å². The number of ether oxygens (including phenoxy) is 1. The van der Waals surface area contributed by atoms with Crippen LogP contribution in [0.15, 0.2) is 0 Å². The minimum Gasteiger partial charge on any atom is -0.393 e. The summed E-state index contributed by atoms with van der Waals surface area (Å²) >= 11 is 0. The Morgan fingerprint density at radius 1 is 1.00 bits per heavy atom. The van der Waals surface area contributed by atoms with Gasteiger partial charge in [-0.1, -0.05) is 0 Å². The fourth-order valence-corrected chi connectivity index (χ4v) is 0.632. The molecule has 0 fully saturated rings. The first-order chi connectivity index (χ1) is 5.91. The summed E-state index contributed by atoms with van der Waals surface area (Å²) in [7, 11) is 0. The lowest BCUT2D eigenvalue weighted by Crippen LogP contribution is -2.16. The third-order valence-electron chi connectivity index (χ3n) is 1.05. The molecule has 0 saturated heterocycles. The van der Waals surface area contributed by atoms with E-state index in [0.29, 0.717) is 0 Å². The molecule has 5 heteroatoms. The van der Waals surface area contributed by atoms with Crippen molar-refractivity contribution in [2.45, 2.75) is 26.7 Å². The molecular weight excluding hydrogens is 172 g/mol. The number of carbonyl (C=O) groups is 2. The second-order valence-electron chi connectivity index (χ2n) is 2.76. The molecule has 13 heavy (non-hydrogen) atoms. The van der Waals surface area contributed by atoms with Gasteiger partial charge in [-0.15, -0.1) is 0 Å². The van der Waals surface area contributed by atoms with Crippen LogP contribution in [0.1, 0.15) is 26.7 Å². The third-order valence-corrected chi connectivity index (χ3v) is 1.05. The Morgan fingerprint density at radius 2 is 1.31 bits per heavy atom. The second kappa shape index (κ2) is 5.18. The van der Waals surface area contributed by atoms with Crippen molar-refractivity contribution in [1.29, 1.82) is 10.8 Å². The van der Waals surface area contributed by atoms with Gasteiger partial charge in [-0.2, -0.15) is 0 Å². The van der Waals surface area contributed by atoms with Gasteiger partial charge in [-0.25, -0.2) is 0 Å². The average molecular weight is 184 g/mol. The van der Waals surface area contributed by atoms with Crippen molar-refractivity contribution < 1.29 is 14.3 Å². The Morgan fingerprint density at radius 3 is 1.54 bits per heavy atom. The number of hydrogen-bond donors (Lipinski definition) is 2. The molecule has 0 bridgehead atoms. The molecule has 0 spiro atoms. The fraction of sp³-hybridized carbons (Fsp3) is 0.500. The number of nitrogens with one attached hydrogen (secondary N) is 2. The van der Waals surface area contributed by atoms with Crippen LogP contribution in [0.25, 0.3) is 0 Å². The summed E-state index contributed by atoms with van der Waals surface area (Å²) in [6, 6.07) is 0. The summed E-state index contributed by atoms with van der Waals surface area (Å²) in [6.45, 7) is 2.90. The van der Waals surface area contributed by atoms with E-state index in [9.17, 15) is 9.59 Å². The Balaban J connectivity index is 3.85. The fourth-order valence-electron chi connectivity index (χ4n) is 0.632. The van der Waals surface area contributed by atoms with Crippen LogP contribution in [-0.2, 0) is 14.3 Å². The zero-order chi connectivity index (χ0) is 10.4. The van der Waals surface area contributed by atoms with E-state index in [-0.39, 0.29) is 24.3 Å². The maximum atomic E-state index is 10.8. The molecule has 2 N–H and O–H groups in total. The van der Waals surface area contributed by atoms with E-state index in [2.05, 4.69) is 4.74 Å². The van der Waals surface area contributed by atoms with Crippen molar-refractivity contribution in [2.75, 3.05) is 0 Å². The van der Waals surface area contributed by atoms with E-state index in [1.54, 1.807) is 0 Å². The van der Waals surface area contributed by atoms with Gasteiger partial charge in [0.15, 0.2) is 0 Å². The van der Waals surface area contributed by atoms with E-state index in [0.717, 1.165) is 0 Å². The van der Waals surface area contributed by atoms with E-state index < -0.39 is 11.9 Å². The first kappa shape index (κ1) is 11.5. The highest BCUT2D eigenvalue weighted by Crippen LogP contribution is 1.93. The second-order valence-corrected chi connectivity index (χ2v) is 2.76. The van der Waals surface area contributed by atoms with Crippen molar-refractivity contribution in [1.82, 2.24) is 0 Å². The molecule has 0 aromatic rings. The third kappa shape index (κ3) is 6.86. The predicted octanol–water partition coefficient (Wildman–Crippen LogP) is 0.916. The van der Waals surface area contributed by atoms with Crippen LogP contribution in [0.3, 0.4) is 0 Å². The zero-order valence-electron chi connectivity index (χ0n) is 7.64. The molecule has 0 unspecified atom stereocenters. The number of esters is 2. The van der Waals surface area contributed by atoms with Gasteiger partial charge in [0.2, 0.25) is 0 Å². The molecule has 0 aliphatic carbocycles. The molecule has 0 radical (unpaired) electrons. The minimum absolute atomic E-state index is 0.143.